The minimum atomic E-state index is -0.811. The molecule has 2 heterocycles. The number of likely N-dealkylation sites (tertiary alicyclic amines) is 1. The molecule has 0 bridgehead atoms. The maximum Gasteiger partial charge on any atom is 0.249 e. The van der Waals surface area contributed by atoms with Crippen molar-refractivity contribution in [3.63, 3.8) is 0 Å². The number of benzene rings is 1. The lowest BCUT2D eigenvalue weighted by Crippen LogP contribution is -2.48. The molecule has 3 atom stereocenters. The maximum atomic E-state index is 13.2. The van der Waals surface area contributed by atoms with E-state index in [-0.39, 0.29) is 35.5 Å². The molecule has 152 valence electrons. The van der Waals surface area contributed by atoms with Gasteiger partial charge in [-0.1, -0.05) is 49.5 Å². The van der Waals surface area contributed by atoms with Crippen molar-refractivity contribution >= 4 is 44.4 Å². The second-order valence-electron chi connectivity index (χ2n) is 8.28. The number of carbonyl (C=O) groups is 3. The number of allylic oxidation sites excluding steroid dienone is 2. The van der Waals surface area contributed by atoms with Crippen molar-refractivity contribution in [2.45, 2.75) is 46.1 Å². The summed E-state index contributed by atoms with van der Waals surface area (Å²) < 4.78 is 0.992. The maximum absolute atomic E-state index is 13.2. The van der Waals surface area contributed by atoms with Crippen LogP contribution in [0.25, 0.3) is 10.2 Å². The van der Waals surface area contributed by atoms with Gasteiger partial charge in [-0.3, -0.25) is 19.3 Å². The molecule has 1 aliphatic heterocycles. The van der Waals surface area contributed by atoms with Gasteiger partial charge in [-0.05, 0) is 43.7 Å². The fourth-order valence-corrected chi connectivity index (χ4v) is 5.18. The fourth-order valence-electron chi connectivity index (χ4n) is 4.24. The van der Waals surface area contributed by atoms with Crippen LogP contribution in [0.2, 0.25) is 0 Å². The van der Waals surface area contributed by atoms with Gasteiger partial charge in [0.1, 0.15) is 6.04 Å². The molecule has 0 spiro atoms. The van der Waals surface area contributed by atoms with Crippen molar-refractivity contribution < 1.29 is 14.4 Å². The number of nitrogens with one attached hydrogen (secondary N) is 1. The summed E-state index contributed by atoms with van der Waals surface area (Å²) in [6.07, 6.45) is 5.48. The minimum absolute atomic E-state index is 0.157. The van der Waals surface area contributed by atoms with Crippen molar-refractivity contribution in [2.24, 2.45) is 17.8 Å². The number of carbonyl (C=O) groups excluding carboxylic acids is 3. The lowest BCUT2D eigenvalue weighted by molar-refractivity contribution is -0.147. The molecule has 2 aromatic rings. The van der Waals surface area contributed by atoms with Crippen LogP contribution in [0.5, 0.6) is 0 Å². The molecular formula is C22H25N3O3S. The Labute approximate surface area is 174 Å². The SMILES string of the molecule is Cc1cccc2sc(NC(=O)[C@@H](CC(C)C)N3C(=O)[C@H]4CC=CC[C@@H]4C3=O)nc12. The minimum Gasteiger partial charge on any atom is -0.300 e. The van der Waals surface area contributed by atoms with E-state index >= 15 is 0 Å². The standard InChI is InChI=1S/C22H25N3O3S/c1-12(2)11-16(25-20(27)14-8-4-5-9-15(14)21(25)28)19(26)24-22-23-18-13(3)7-6-10-17(18)29-22/h4-7,10,12,14-16H,8-9,11H2,1-3H3,(H,23,24,26)/t14-,15-,16+/m0/s1. The summed E-state index contributed by atoms with van der Waals surface area (Å²) in [5.41, 5.74) is 1.90. The van der Waals surface area contributed by atoms with Gasteiger partial charge in [0, 0.05) is 0 Å². The molecule has 4 rings (SSSR count). The van der Waals surface area contributed by atoms with Gasteiger partial charge in [0.25, 0.3) is 0 Å². The van der Waals surface area contributed by atoms with Crippen molar-refractivity contribution in [3.05, 3.63) is 35.9 Å². The summed E-state index contributed by atoms with van der Waals surface area (Å²) in [5, 5.41) is 3.36. The zero-order valence-electron chi connectivity index (χ0n) is 16.8. The zero-order valence-corrected chi connectivity index (χ0v) is 17.7. The van der Waals surface area contributed by atoms with E-state index in [2.05, 4.69) is 10.3 Å². The molecule has 0 saturated carbocycles. The van der Waals surface area contributed by atoms with Gasteiger partial charge in [-0.25, -0.2) is 4.98 Å². The Morgan fingerprint density at radius 2 is 1.86 bits per heavy atom. The molecule has 1 fully saturated rings. The van der Waals surface area contributed by atoms with E-state index in [1.165, 1.54) is 16.2 Å². The van der Waals surface area contributed by atoms with E-state index in [4.69, 9.17) is 0 Å². The molecule has 1 aromatic heterocycles. The van der Waals surface area contributed by atoms with Crippen LogP contribution < -0.4 is 5.32 Å². The summed E-state index contributed by atoms with van der Waals surface area (Å²) >= 11 is 1.40. The van der Waals surface area contributed by atoms with Gasteiger partial charge < -0.3 is 5.32 Å². The van der Waals surface area contributed by atoms with Crippen molar-refractivity contribution in [1.82, 2.24) is 9.88 Å². The monoisotopic (exact) mass is 411 g/mol. The number of nitrogens with zero attached hydrogens (tertiary/aromatic N) is 2. The van der Waals surface area contributed by atoms with Gasteiger partial charge in [-0.15, -0.1) is 0 Å². The summed E-state index contributed by atoms with van der Waals surface area (Å²) in [6.45, 7) is 5.95. The van der Waals surface area contributed by atoms with Crippen molar-refractivity contribution in [2.75, 3.05) is 5.32 Å². The molecule has 7 heteroatoms. The average molecular weight is 412 g/mol. The van der Waals surface area contributed by atoms with Gasteiger partial charge >= 0.3 is 0 Å². The first-order valence-corrected chi connectivity index (χ1v) is 10.9. The van der Waals surface area contributed by atoms with Gasteiger partial charge in [0.2, 0.25) is 17.7 Å². The normalized spacial score (nSPS) is 22.4. The third-order valence-electron chi connectivity index (χ3n) is 5.70. The zero-order chi connectivity index (χ0) is 20.7. The van der Waals surface area contributed by atoms with E-state index in [0.29, 0.717) is 24.4 Å². The third kappa shape index (κ3) is 3.59. The number of aryl methyl sites for hydroxylation is 1. The number of hydrogen-bond donors (Lipinski definition) is 1. The Bertz CT molecular complexity index is 984. The molecule has 1 N–H and O–H groups in total. The predicted molar refractivity (Wildman–Crippen MR) is 113 cm³/mol. The molecule has 1 aromatic carbocycles. The van der Waals surface area contributed by atoms with E-state index in [9.17, 15) is 14.4 Å². The Hall–Kier alpha value is -2.54. The molecule has 1 aliphatic carbocycles. The van der Waals surface area contributed by atoms with Gasteiger partial charge in [0.15, 0.2) is 5.13 Å². The Kier molecular flexibility index (Phi) is 5.25. The van der Waals surface area contributed by atoms with Crippen LogP contribution in [0.15, 0.2) is 30.4 Å². The highest BCUT2D eigenvalue weighted by atomic mass is 32.1. The van der Waals surface area contributed by atoms with Gasteiger partial charge in [-0.2, -0.15) is 0 Å². The summed E-state index contributed by atoms with van der Waals surface area (Å²) in [4.78, 5) is 44.9. The van der Waals surface area contributed by atoms with Crippen LogP contribution >= 0.6 is 11.3 Å². The molecule has 3 amide bonds. The Morgan fingerprint density at radius 3 is 2.45 bits per heavy atom. The quantitative estimate of drug-likeness (QED) is 0.598. The van der Waals surface area contributed by atoms with Crippen LogP contribution in [-0.2, 0) is 14.4 Å². The number of hydrogen-bond acceptors (Lipinski definition) is 5. The predicted octanol–water partition coefficient (Wildman–Crippen LogP) is 3.91. The van der Waals surface area contributed by atoms with Crippen molar-refractivity contribution in [3.8, 4) is 0 Å². The van der Waals surface area contributed by atoms with Crippen LogP contribution in [-0.4, -0.2) is 33.6 Å². The molecule has 2 aliphatic rings. The summed E-state index contributed by atoms with van der Waals surface area (Å²) in [5.74, 6) is -1.29. The van der Waals surface area contributed by atoms with Crippen molar-refractivity contribution in [1.29, 1.82) is 0 Å². The van der Waals surface area contributed by atoms with Crippen LogP contribution in [0.1, 0.15) is 38.7 Å². The van der Waals surface area contributed by atoms with Crippen LogP contribution in [0, 0.1) is 24.7 Å². The summed E-state index contributed by atoms with van der Waals surface area (Å²) in [6, 6.07) is 5.09. The number of fused-ring (bicyclic) bond motifs is 2. The lowest BCUT2D eigenvalue weighted by Gasteiger charge is -2.26. The highest BCUT2D eigenvalue weighted by Gasteiger charge is 2.51. The first kappa shape index (κ1) is 19.8. The molecule has 1 saturated heterocycles. The molecule has 29 heavy (non-hydrogen) atoms. The first-order chi connectivity index (χ1) is 13.9. The average Bonchev–Trinajstić information content (AvgIpc) is 3.20. The third-order valence-corrected chi connectivity index (χ3v) is 6.64. The molecule has 0 unspecified atom stereocenters. The topological polar surface area (TPSA) is 79.4 Å². The number of imide groups is 1. The Balaban J connectivity index is 1.60. The van der Waals surface area contributed by atoms with E-state index in [1.54, 1.807) is 0 Å². The number of amides is 3. The highest BCUT2D eigenvalue weighted by Crippen LogP contribution is 2.37. The van der Waals surface area contributed by atoms with Crippen LogP contribution in [0.3, 0.4) is 0 Å². The van der Waals surface area contributed by atoms with E-state index < -0.39 is 6.04 Å². The number of anilines is 1. The first-order valence-electron chi connectivity index (χ1n) is 10.1. The second kappa shape index (κ2) is 7.71. The smallest absolute Gasteiger partial charge is 0.249 e. The largest absolute Gasteiger partial charge is 0.300 e. The molecular weight excluding hydrogens is 386 g/mol. The molecule has 0 radical (unpaired) electrons. The highest BCUT2D eigenvalue weighted by molar-refractivity contribution is 7.22. The van der Waals surface area contributed by atoms with Crippen LogP contribution in [0.4, 0.5) is 5.13 Å². The van der Waals surface area contributed by atoms with Gasteiger partial charge in [0.05, 0.1) is 22.1 Å². The number of aromatic nitrogens is 1. The number of thiazole rings is 1. The fraction of sp³-hybridized carbons (Fsp3) is 0.455. The lowest BCUT2D eigenvalue weighted by atomic mass is 9.85. The Morgan fingerprint density at radius 1 is 1.21 bits per heavy atom. The number of para-hydroxylation sites is 1. The second-order valence-corrected chi connectivity index (χ2v) is 9.31. The summed E-state index contributed by atoms with van der Waals surface area (Å²) in [7, 11) is 0. The number of rotatable bonds is 5. The molecule has 6 nitrogen and oxygen atoms in total. The van der Waals surface area contributed by atoms with E-state index in [1.807, 2.05) is 51.1 Å². The van der Waals surface area contributed by atoms with E-state index in [0.717, 1.165) is 15.8 Å².